The van der Waals surface area contributed by atoms with Gasteiger partial charge in [-0.3, -0.25) is 9.59 Å². The molecule has 0 heterocycles. The van der Waals surface area contributed by atoms with Crippen LogP contribution in [-0.2, 0) is 9.59 Å². The maximum Gasteiger partial charge on any atom is 0.384 e. The van der Waals surface area contributed by atoms with Crippen LogP contribution in [0.2, 0.25) is 0 Å². The molecular weight excluding hydrogens is 350 g/mol. The number of hydrogen-bond acceptors (Lipinski definition) is 2. The van der Waals surface area contributed by atoms with Crippen LogP contribution in [0.1, 0.15) is 0 Å². The number of carboxylic acid groups (broad SMARTS) is 2. The first-order chi connectivity index (χ1) is 9.39. The summed E-state index contributed by atoms with van der Waals surface area (Å²) in [6.45, 7) is 0. The lowest BCUT2D eigenvalue weighted by atomic mass is 9.63. The summed E-state index contributed by atoms with van der Waals surface area (Å²) < 4.78 is 131. The Hall–Kier alpha value is -1.76. The van der Waals surface area contributed by atoms with E-state index < -0.39 is 47.0 Å². The van der Waals surface area contributed by atoms with Crippen LogP contribution in [0.25, 0.3) is 0 Å². The minimum atomic E-state index is -7.43. The zero-order chi connectivity index (χ0) is 18.2. The second-order valence-corrected chi connectivity index (χ2v) is 4.23. The molecule has 1 fully saturated rings. The van der Waals surface area contributed by atoms with Crippen molar-refractivity contribution in [1.29, 1.82) is 0 Å². The van der Waals surface area contributed by atoms with Crippen molar-refractivity contribution in [3.63, 3.8) is 0 Å². The largest absolute Gasteiger partial charge is 0.480 e. The van der Waals surface area contributed by atoms with Gasteiger partial charge in [-0.1, -0.05) is 0 Å². The Morgan fingerprint density at radius 2 is 0.682 bits per heavy atom. The van der Waals surface area contributed by atoms with E-state index in [1.807, 2.05) is 0 Å². The van der Waals surface area contributed by atoms with Crippen LogP contribution >= 0.6 is 0 Å². The van der Waals surface area contributed by atoms with Gasteiger partial charge >= 0.3 is 47.0 Å². The third-order valence-corrected chi connectivity index (χ3v) is 3.16. The van der Waals surface area contributed by atoms with Gasteiger partial charge in [0.2, 0.25) is 0 Å². The zero-order valence-electron chi connectivity index (χ0n) is 9.49. The molecule has 0 unspecified atom stereocenters. The summed E-state index contributed by atoms with van der Waals surface area (Å²) in [4.78, 5) is 21.0. The molecular formula is C8H2F10O4. The van der Waals surface area contributed by atoms with Crippen molar-refractivity contribution in [3.05, 3.63) is 0 Å². The molecule has 0 atom stereocenters. The number of aliphatic carboxylic acids is 2. The first-order valence-electron chi connectivity index (χ1n) is 4.75. The first kappa shape index (κ1) is 18.3. The Bertz CT molecular complexity index is 493. The highest BCUT2D eigenvalue weighted by Gasteiger charge is 3.04. The number of halogens is 10. The van der Waals surface area contributed by atoms with Crippen molar-refractivity contribution >= 4 is 11.9 Å². The summed E-state index contributed by atoms with van der Waals surface area (Å²) in [5.74, 6) is -44.8. The van der Waals surface area contributed by atoms with E-state index in [0.717, 1.165) is 0 Å². The van der Waals surface area contributed by atoms with E-state index in [0.29, 0.717) is 0 Å². The maximum atomic E-state index is 13.3. The molecule has 1 rings (SSSR count). The molecule has 1 saturated carbocycles. The normalized spacial score (nSPS) is 29.5. The van der Waals surface area contributed by atoms with Gasteiger partial charge in [-0.25, -0.2) is 0 Å². The highest BCUT2D eigenvalue weighted by atomic mass is 19.4. The molecule has 0 bridgehead atoms. The highest BCUT2D eigenvalue weighted by molar-refractivity contribution is 6.02. The van der Waals surface area contributed by atoms with Crippen LogP contribution in [0.4, 0.5) is 43.9 Å². The van der Waals surface area contributed by atoms with Gasteiger partial charge in [0.15, 0.2) is 0 Å². The minimum Gasteiger partial charge on any atom is -0.480 e. The molecule has 4 nitrogen and oxygen atoms in total. The topological polar surface area (TPSA) is 74.6 Å². The van der Waals surface area contributed by atoms with Crippen LogP contribution in [0, 0.1) is 5.41 Å². The van der Waals surface area contributed by atoms with Gasteiger partial charge in [-0.15, -0.1) is 0 Å². The average molecular weight is 352 g/mol. The molecule has 2 N–H and O–H groups in total. The SMILES string of the molecule is O=C(O)C1(C(=O)O)C(F)(F)C(F)(F)C(F)(F)C(F)(F)C1(F)F. The molecule has 0 saturated heterocycles. The first-order valence-corrected chi connectivity index (χ1v) is 4.75. The standard InChI is InChI=1S/C8H2F10O4/c9-4(10)3(1(19)20,2(21)22)5(11,12)7(15,16)8(17,18)6(4,13)14/h(H,19,20)(H,21,22). The second-order valence-electron chi connectivity index (χ2n) is 4.23. The number of carbonyl (C=O) groups is 2. The lowest BCUT2D eigenvalue weighted by Gasteiger charge is -2.52. The van der Waals surface area contributed by atoms with Crippen molar-refractivity contribution in [1.82, 2.24) is 0 Å². The molecule has 0 aromatic carbocycles. The van der Waals surface area contributed by atoms with E-state index >= 15 is 0 Å². The van der Waals surface area contributed by atoms with Gasteiger partial charge in [0, 0.05) is 0 Å². The molecule has 22 heavy (non-hydrogen) atoms. The van der Waals surface area contributed by atoms with Crippen molar-refractivity contribution in [3.8, 4) is 0 Å². The molecule has 1 aliphatic carbocycles. The van der Waals surface area contributed by atoms with Gasteiger partial charge in [-0.05, 0) is 0 Å². The fraction of sp³-hybridized carbons (Fsp3) is 0.750. The van der Waals surface area contributed by atoms with Crippen LogP contribution in [0.5, 0.6) is 0 Å². The Kier molecular flexibility index (Phi) is 3.29. The van der Waals surface area contributed by atoms with Crippen LogP contribution in [0.3, 0.4) is 0 Å². The van der Waals surface area contributed by atoms with E-state index in [-0.39, 0.29) is 0 Å². The Morgan fingerprint density at radius 3 is 0.864 bits per heavy atom. The fourth-order valence-electron chi connectivity index (χ4n) is 1.89. The molecule has 14 heteroatoms. The fourth-order valence-corrected chi connectivity index (χ4v) is 1.89. The van der Waals surface area contributed by atoms with Crippen molar-refractivity contribution in [2.75, 3.05) is 0 Å². The van der Waals surface area contributed by atoms with Gasteiger partial charge in [0.05, 0.1) is 0 Å². The molecule has 0 spiro atoms. The minimum absolute atomic E-state index is 4.04. The smallest absolute Gasteiger partial charge is 0.384 e. The highest BCUT2D eigenvalue weighted by Crippen LogP contribution is 2.71. The van der Waals surface area contributed by atoms with Gasteiger partial charge in [0.25, 0.3) is 0 Å². The predicted molar refractivity (Wildman–Crippen MR) is 42.4 cm³/mol. The summed E-state index contributed by atoms with van der Waals surface area (Å²) >= 11 is 0. The monoisotopic (exact) mass is 352 g/mol. The second kappa shape index (κ2) is 3.95. The number of carboxylic acids is 2. The van der Waals surface area contributed by atoms with Crippen LogP contribution in [0.15, 0.2) is 0 Å². The Morgan fingerprint density at radius 1 is 0.500 bits per heavy atom. The lowest BCUT2D eigenvalue weighted by Crippen LogP contribution is -2.85. The van der Waals surface area contributed by atoms with Gasteiger partial charge in [0.1, 0.15) is 0 Å². The molecule has 0 aliphatic heterocycles. The maximum absolute atomic E-state index is 13.3. The molecule has 0 aromatic rings. The number of hydrogen-bond donors (Lipinski definition) is 2. The molecule has 128 valence electrons. The zero-order valence-corrected chi connectivity index (χ0v) is 9.49. The number of rotatable bonds is 2. The van der Waals surface area contributed by atoms with Gasteiger partial charge < -0.3 is 10.2 Å². The summed E-state index contributed by atoms with van der Waals surface area (Å²) in [6.07, 6.45) is 0. The molecule has 1 aliphatic rings. The van der Waals surface area contributed by atoms with E-state index in [1.165, 1.54) is 0 Å². The Balaban J connectivity index is 4.09. The van der Waals surface area contributed by atoms with E-state index in [2.05, 4.69) is 0 Å². The summed E-state index contributed by atoms with van der Waals surface area (Å²) in [5, 5.41) is 16.4. The molecule has 0 aromatic heterocycles. The van der Waals surface area contributed by atoms with E-state index in [4.69, 9.17) is 10.2 Å². The van der Waals surface area contributed by atoms with E-state index in [1.54, 1.807) is 0 Å². The third kappa shape index (κ3) is 1.31. The van der Waals surface area contributed by atoms with Gasteiger partial charge in [-0.2, -0.15) is 43.9 Å². The van der Waals surface area contributed by atoms with E-state index in [9.17, 15) is 53.5 Å². The van der Waals surface area contributed by atoms with Crippen molar-refractivity contribution in [2.24, 2.45) is 5.41 Å². The lowest BCUT2D eigenvalue weighted by molar-refractivity contribution is -0.473. The summed E-state index contributed by atoms with van der Waals surface area (Å²) in [6, 6.07) is 0. The average Bonchev–Trinajstić information content (AvgIpc) is 2.25. The Labute approximate surface area is 112 Å². The van der Waals surface area contributed by atoms with Crippen LogP contribution in [-0.4, -0.2) is 51.8 Å². The molecule has 0 amide bonds. The van der Waals surface area contributed by atoms with Crippen molar-refractivity contribution in [2.45, 2.75) is 29.6 Å². The summed E-state index contributed by atoms with van der Waals surface area (Å²) in [7, 11) is 0. The van der Waals surface area contributed by atoms with Crippen molar-refractivity contribution < 1.29 is 63.7 Å². The number of alkyl halides is 10. The predicted octanol–water partition coefficient (Wildman–Crippen LogP) is 2.33. The summed E-state index contributed by atoms with van der Waals surface area (Å²) in [5.41, 5.74) is -6.52. The van der Waals surface area contributed by atoms with Crippen LogP contribution < -0.4 is 0 Å². The molecule has 0 radical (unpaired) electrons. The quantitative estimate of drug-likeness (QED) is 0.591. The third-order valence-electron chi connectivity index (χ3n) is 3.16.